The van der Waals surface area contributed by atoms with Crippen LogP contribution in [0.1, 0.15) is 0 Å². The zero-order chi connectivity index (χ0) is 29.6. The summed E-state index contributed by atoms with van der Waals surface area (Å²) >= 11 is 0. The summed E-state index contributed by atoms with van der Waals surface area (Å²) in [4.78, 5) is 30.7. The van der Waals surface area contributed by atoms with E-state index in [2.05, 4.69) is 20.5 Å². The van der Waals surface area contributed by atoms with Crippen molar-refractivity contribution in [1.82, 2.24) is 15.0 Å². The van der Waals surface area contributed by atoms with Crippen LogP contribution in [0.15, 0.2) is 73.1 Å². The molecule has 2 aromatic carbocycles. The lowest BCUT2D eigenvalue weighted by Crippen LogP contribution is -2.45. The number of nitrogens with one attached hydrogen (secondary N) is 2. The van der Waals surface area contributed by atoms with E-state index in [4.69, 9.17) is 24.2 Å². The van der Waals surface area contributed by atoms with Crippen molar-refractivity contribution in [3.8, 4) is 28.4 Å². The molecule has 0 radical (unpaired) electrons. The molecule has 2 saturated heterocycles. The van der Waals surface area contributed by atoms with Crippen LogP contribution in [0.25, 0.3) is 22.6 Å². The van der Waals surface area contributed by atoms with Crippen molar-refractivity contribution in [2.24, 2.45) is 0 Å². The predicted octanol–water partition coefficient (Wildman–Crippen LogP) is 3.85. The van der Waals surface area contributed by atoms with Crippen LogP contribution in [0.4, 0.5) is 27.7 Å². The third-order valence-corrected chi connectivity index (χ3v) is 7.28. The number of hydrogen-bond donors (Lipinski definition) is 3. The van der Waals surface area contributed by atoms with Crippen molar-refractivity contribution in [1.29, 1.82) is 0 Å². The van der Waals surface area contributed by atoms with Crippen molar-refractivity contribution in [2.45, 2.75) is 6.23 Å². The molecule has 3 N–H and O–H groups in total. The Balaban J connectivity index is 1.18. The molecule has 4 heterocycles. The molecule has 222 valence electrons. The lowest BCUT2D eigenvalue weighted by molar-refractivity contribution is 0.00633. The second-order valence-electron chi connectivity index (χ2n) is 10.0. The van der Waals surface area contributed by atoms with E-state index in [0.29, 0.717) is 73.9 Å². The number of carbonyl (C=O) groups excluding carboxylic acids is 1. The summed E-state index contributed by atoms with van der Waals surface area (Å²) in [5, 5.41) is 15.9. The van der Waals surface area contributed by atoms with E-state index in [0.717, 1.165) is 16.8 Å². The molecule has 1 atom stereocenters. The van der Waals surface area contributed by atoms with Crippen molar-refractivity contribution in [3.05, 3.63) is 73.1 Å². The van der Waals surface area contributed by atoms with Crippen molar-refractivity contribution in [2.75, 3.05) is 73.6 Å². The Labute approximate surface area is 249 Å². The zero-order valence-electron chi connectivity index (χ0n) is 23.8. The highest BCUT2D eigenvalue weighted by Crippen LogP contribution is 2.38. The van der Waals surface area contributed by atoms with E-state index in [1.807, 2.05) is 53.4 Å². The Morgan fingerprint density at radius 1 is 0.860 bits per heavy atom. The number of pyridine rings is 1. The van der Waals surface area contributed by atoms with Gasteiger partial charge in [-0.05, 0) is 60.7 Å². The number of benzene rings is 2. The lowest BCUT2D eigenvalue weighted by Gasteiger charge is -2.33. The standard InChI is InChI=1S/C31H33N7O5/c1-41-28-27(21-10-12-32-13-11-21)35-29(36-30(28)37-14-17-42-18-15-37)22-2-4-23(5-3-22)33-31(40)34-24-6-8-25(9-7-24)38-16-19-43-20-26(38)39/h2-13,26,39H,14-20H2,1H3,(H2,33,34,40). The van der Waals surface area contributed by atoms with Gasteiger partial charge in [-0.3, -0.25) is 4.98 Å². The molecule has 12 nitrogen and oxygen atoms in total. The summed E-state index contributed by atoms with van der Waals surface area (Å²) in [6.45, 7) is 4.03. The number of amides is 2. The Kier molecular flexibility index (Phi) is 8.59. The molecule has 12 heteroatoms. The number of aliphatic hydroxyl groups excluding tert-OH is 1. The number of carbonyl (C=O) groups is 1. The highest BCUT2D eigenvalue weighted by Gasteiger charge is 2.24. The number of nitrogens with zero attached hydrogens (tertiary/aromatic N) is 5. The highest BCUT2D eigenvalue weighted by atomic mass is 16.5. The number of rotatable bonds is 7. The molecule has 0 spiro atoms. The van der Waals surface area contributed by atoms with Gasteiger partial charge in [-0.25, -0.2) is 14.8 Å². The molecule has 2 fully saturated rings. The molecule has 2 amide bonds. The third-order valence-electron chi connectivity index (χ3n) is 7.28. The van der Waals surface area contributed by atoms with Crippen LogP contribution in [0.5, 0.6) is 5.75 Å². The Bertz CT molecular complexity index is 1530. The highest BCUT2D eigenvalue weighted by molar-refractivity contribution is 6.00. The smallest absolute Gasteiger partial charge is 0.323 e. The number of urea groups is 1. The second kappa shape index (κ2) is 13.0. The van der Waals surface area contributed by atoms with Crippen LogP contribution in [0.3, 0.4) is 0 Å². The van der Waals surface area contributed by atoms with Crippen LogP contribution in [0.2, 0.25) is 0 Å². The van der Waals surface area contributed by atoms with Gasteiger partial charge in [0, 0.05) is 60.2 Å². The molecule has 43 heavy (non-hydrogen) atoms. The van der Waals surface area contributed by atoms with Gasteiger partial charge in [-0.15, -0.1) is 0 Å². The van der Waals surface area contributed by atoms with E-state index in [1.54, 1.807) is 31.6 Å². The first kappa shape index (κ1) is 28.3. The summed E-state index contributed by atoms with van der Waals surface area (Å²) in [6.07, 6.45) is 2.76. The van der Waals surface area contributed by atoms with Gasteiger partial charge in [0.2, 0.25) is 0 Å². The van der Waals surface area contributed by atoms with Gasteiger partial charge >= 0.3 is 6.03 Å². The molecule has 0 saturated carbocycles. The largest absolute Gasteiger partial charge is 0.491 e. The van der Waals surface area contributed by atoms with Gasteiger partial charge in [0.15, 0.2) is 23.6 Å². The fourth-order valence-corrected chi connectivity index (χ4v) is 5.07. The second-order valence-corrected chi connectivity index (χ2v) is 10.0. The summed E-state index contributed by atoms with van der Waals surface area (Å²) in [5.74, 6) is 1.84. The molecule has 2 aromatic heterocycles. The average molecular weight is 584 g/mol. The molecule has 0 aliphatic carbocycles. The van der Waals surface area contributed by atoms with E-state index in [9.17, 15) is 9.90 Å². The maximum Gasteiger partial charge on any atom is 0.323 e. The number of ether oxygens (including phenoxy) is 3. The maximum absolute atomic E-state index is 12.7. The predicted molar refractivity (Wildman–Crippen MR) is 164 cm³/mol. The van der Waals surface area contributed by atoms with Gasteiger partial charge in [-0.1, -0.05) is 0 Å². The van der Waals surface area contributed by atoms with Crippen LogP contribution < -0.4 is 25.2 Å². The van der Waals surface area contributed by atoms with Crippen LogP contribution in [0, 0.1) is 0 Å². The molecule has 2 aliphatic heterocycles. The molecule has 2 aliphatic rings. The lowest BCUT2D eigenvalue weighted by atomic mass is 10.1. The summed E-state index contributed by atoms with van der Waals surface area (Å²) in [7, 11) is 1.63. The van der Waals surface area contributed by atoms with Crippen molar-refractivity contribution >= 4 is 28.9 Å². The van der Waals surface area contributed by atoms with Crippen molar-refractivity contribution in [3.63, 3.8) is 0 Å². The van der Waals surface area contributed by atoms with Crippen LogP contribution in [-0.4, -0.2) is 85.5 Å². The topological polar surface area (TPSA) is 134 Å². The number of anilines is 4. The van der Waals surface area contributed by atoms with E-state index >= 15 is 0 Å². The quantitative estimate of drug-likeness (QED) is 0.295. The van der Waals surface area contributed by atoms with Gasteiger partial charge < -0.3 is 39.8 Å². The SMILES string of the molecule is COc1c(-c2ccncc2)nc(-c2ccc(NC(=O)Nc3ccc(N4CCOCC4O)cc3)cc2)nc1N1CCOCC1. The van der Waals surface area contributed by atoms with Gasteiger partial charge in [-0.2, -0.15) is 0 Å². The third kappa shape index (κ3) is 6.51. The normalized spacial score (nSPS) is 16.9. The fraction of sp³-hybridized carbons (Fsp3) is 0.290. The Morgan fingerprint density at radius 2 is 1.51 bits per heavy atom. The molecule has 4 aromatic rings. The number of aliphatic hydroxyl groups is 1. The summed E-state index contributed by atoms with van der Waals surface area (Å²) < 4.78 is 16.7. The minimum absolute atomic E-state index is 0.271. The van der Waals surface area contributed by atoms with E-state index < -0.39 is 6.23 Å². The minimum Gasteiger partial charge on any atom is -0.491 e. The fourth-order valence-electron chi connectivity index (χ4n) is 5.07. The number of aromatic nitrogens is 3. The summed E-state index contributed by atoms with van der Waals surface area (Å²) in [6, 6.07) is 18.1. The molecule has 6 rings (SSSR count). The van der Waals surface area contributed by atoms with Gasteiger partial charge in [0.1, 0.15) is 5.69 Å². The van der Waals surface area contributed by atoms with Gasteiger partial charge in [0.05, 0.1) is 33.5 Å². The van der Waals surface area contributed by atoms with Gasteiger partial charge in [0.25, 0.3) is 0 Å². The number of methoxy groups -OCH3 is 1. The minimum atomic E-state index is -0.685. The molecular formula is C31H33N7O5. The average Bonchev–Trinajstić information content (AvgIpc) is 3.06. The Hall–Kier alpha value is -4.78. The number of morpholine rings is 2. The Morgan fingerprint density at radius 3 is 2.16 bits per heavy atom. The first-order valence-electron chi connectivity index (χ1n) is 14.1. The first-order valence-corrected chi connectivity index (χ1v) is 14.1. The van der Waals surface area contributed by atoms with E-state index in [-0.39, 0.29) is 12.6 Å². The molecule has 1 unspecified atom stereocenters. The summed E-state index contributed by atoms with van der Waals surface area (Å²) in [5.41, 5.74) is 4.44. The molecular weight excluding hydrogens is 550 g/mol. The monoisotopic (exact) mass is 583 g/mol. The van der Waals surface area contributed by atoms with Crippen LogP contribution in [-0.2, 0) is 9.47 Å². The van der Waals surface area contributed by atoms with Crippen molar-refractivity contribution < 1.29 is 24.1 Å². The van der Waals surface area contributed by atoms with Crippen LogP contribution >= 0.6 is 0 Å². The molecule has 0 bridgehead atoms. The maximum atomic E-state index is 12.7. The zero-order valence-corrected chi connectivity index (χ0v) is 23.8. The number of hydrogen-bond acceptors (Lipinski definition) is 10. The first-order chi connectivity index (χ1) is 21.1. The van der Waals surface area contributed by atoms with E-state index in [1.165, 1.54) is 0 Å².